The number of aliphatic hydroxyl groups excluding tert-OH is 5. The topological polar surface area (TPSA) is 175 Å². The summed E-state index contributed by atoms with van der Waals surface area (Å²) < 4.78 is 16.6. The fourth-order valence-corrected chi connectivity index (χ4v) is 8.92. The van der Waals surface area contributed by atoms with Gasteiger partial charge in [0.15, 0.2) is 6.29 Å². The Kier molecular flexibility index (Phi) is 45.3. The number of nitrogens with one attached hydrogen (secondary N) is 1. The second-order valence-corrected chi connectivity index (χ2v) is 20.0. The highest BCUT2D eigenvalue weighted by Gasteiger charge is 2.44. The van der Waals surface area contributed by atoms with Crippen LogP contribution in [0.2, 0.25) is 0 Å². The van der Waals surface area contributed by atoms with Gasteiger partial charge >= 0.3 is 5.97 Å². The molecule has 0 radical (unpaired) electrons. The van der Waals surface area contributed by atoms with Crippen molar-refractivity contribution in [2.75, 3.05) is 19.8 Å². The Morgan fingerprint density at radius 1 is 0.536 bits per heavy atom. The van der Waals surface area contributed by atoms with Crippen molar-refractivity contribution in [3.05, 3.63) is 36.5 Å². The van der Waals surface area contributed by atoms with Crippen molar-refractivity contribution in [3.8, 4) is 0 Å². The molecule has 69 heavy (non-hydrogen) atoms. The summed E-state index contributed by atoms with van der Waals surface area (Å²) in [5.41, 5.74) is 0. The molecule has 7 unspecified atom stereocenters. The normalized spacial score (nSPS) is 19.6. The lowest BCUT2D eigenvalue weighted by Crippen LogP contribution is -2.60. The van der Waals surface area contributed by atoms with Crippen LogP contribution in [0.4, 0.5) is 0 Å². The second-order valence-electron chi connectivity index (χ2n) is 20.0. The highest BCUT2D eigenvalue weighted by molar-refractivity contribution is 5.76. The van der Waals surface area contributed by atoms with Crippen molar-refractivity contribution >= 4 is 11.9 Å². The second kappa shape index (κ2) is 48.2. The molecule has 0 aliphatic carbocycles. The summed E-state index contributed by atoms with van der Waals surface area (Å²) in [5.74, 6) is -0.238. The average molecular weight is 978 g/mol. The molecule has 6 N–H and O–H groups in total. The largest absolute Gasteiger partial charge is 0.465 e. The zero-order chi connectivity index (χ0) is 50.3. The number of esters is 1. The monoisotopic (exact) mass is 978 g/mol. The van der Waals surface area contributed by atoms with Gasteiger partial charge in [0.05, 0.1) is 32.0 Å². The predicted octanol–water partition coefficient (Wildman–Crippen LogP) is 12.7. The maximum atomic E-state index is 13.0. The van der Waals surface area contributed by atoms with Crippen LogP contribution in [0.3, 0.4) is 0 Å². The molecule has 0 aromatic heterocycles. The molecule has 0 saturated carbocycles. The fourth-order valence-electron chi connectivity index (χ4n) is 8.92. The Bertz CT molecular complexity index is 1240. The number of hydrogen-bond acceptors (Lipinski definition) is 10. The molecule has 11 heteroatoms. The van der Waals surface area contributed by atoms with E-state index in [2.05, 4.69) is 43.5 Å². The van der Waals surface area contributed by atoms with Crippen LogP contribution in [0.25, 0.3) is 0 Å². The predicted molar refractivity (Wildman–Crippen MR) is 283 cm³/mol. The van der Waals surface area contributed by atoms with Crippen LogP contribution >= 0.6 is 0 Å². The Morgan fingerprint density at radius 2 is 0.971 bits per heavy atom. The van der Waals surface area contributed by atoms with Crippen LogP contribution in [0.5, 0.6) is 0 Å². The number of carbonyl (C=O) groups is 2. The molecule has 1 heterocycles. The van der Waals surface area contributed by atoms with E-state index in [9.17, 15) is 35.1 Å². The molecule has 0 spiro atoms. The first-order chi connectivity index (χ1) is 33.7. The van der Waals surface area contributed by atoms with E-state index >= 15 is 0 Å². The molecule has 1 rings (SSSR count). The SMILES string of the molecule is CCCCCCCCC/C=C/C(O)C(COC1OC(CO)C(O)C(O)C1O)NC(=O)CCCCCCCCCCCCCCCC/C=C\C/C=C\CCOC(=O)CCCCCCCCCCCCC. The van der Waals surface area contributed by atoms with E-state index in [1.807, 2.05) is 6.08 Å². The number of hydrogen-bond donors (Lipinski definition) is 6. The van der Waals surface area contributed by atoms with Gasteiger partial charge in [-0.3, -0.25) is 9.59 Å². The molecule has 0 bridgehead atoms. The van der Waals surface area contributed by atoms with Gasteiger partial charge in [0.2, 0.25) is 5.91 Å². The van der Waals surface area contributed by atoms with Crippen molar-refractivity contribution in [1.82, 2.24) is 5.32 Å². The molecule has 1 aliphatic heterocycles. The molecule has 1 amide bonds. The van der Waals surface area contributed by atoms with Crippen LogP contribution in [0.15, 0.2) is 36.5 Å². The number of rotatable bonds is 49. The van der Waals surface area contributed by atoms with Gasteiger partial charge < -0.3 is 45.1 Å². The first-order valence-electron chi connectivity index (χ1n) is 28.8. The molecule has 0 aromatic rings. The van der Waals surface area contributed by atoms with Crippen LogP contribution in [0.1, 0.15) is 258 Å². The van der Waals surface area contributed by atoms with Crippen molar-refractivity contribution < 1.29 is 49.3 Å². The molecular weight excluding hydrogens is 871 g/mol. The highest BCUT2D eigenvalue weighted by Crippen LogP contribution is 2.23. The van der Waals surface area contributed by atoms with Gasteiger partial charge in [-0.2, -0.15) is 0 Å². The summed E-state index contributed by atoms with van der Waals surface area (Å²) in [5, 5.41) is 54.2. The minimum absolute atomic E-state index is 0.0492. The smallest absolute Gasteiger partial charge is 0.305 e. The maximum Gasteiger partial charge on any atom is 0.305 e. The first-order valence-corrected chi connectivity index (χ1v) is 28.8. The Hall–Kier alpha value is -2.12. The summed E-state index contributed by atoms with van der Waals surface area (Å²) in [6.45, 7) is 4.19. The molecular formula is C58H107NO10. The lowest BCUT2D eigenvalue weighted by Gasteiger charge is -2.40. The number of allylic oxidation sites excluding steroid dienone is 4. The van der Waals surface area contributed by atoms with E-state index in [-0.39, 0.29) is 18.5 Å². The number of aliphatic hydroxyl groups is 5. The minimum atomic E-state index is -1.57. The zero-order valence-electron chi connectivity index (χ0n) is 44.3. The Balaban J connectivity index is 2.06. The molecule has 7 atom stereocenters. The van der Waals surface area contributed by atoms with E-state index in [1.54, 1.807) is 6.08 Å². The van der Waals surface area contributed by atoms with Gasteiger partial charge in [0.25, 0.3) is 0 Å². The highest BCUT2D eigenvalue weighted by atomic mass is 16.7. The summed E-state index contributed by atoms with van der Waals surface area (Å²) in [6, 6.07) is -0.812. The summed E-state index contributed by atoms with van der Waals surface area (Å²) in [4.78, 5) is 24.9. The van der Waals surface area contributed by atoms with Crippen molar-refractivity contribution in [2.24, 2.45) is 0 Å². The van der Waals surface area contributed by atoms with E-state index in [1.165, 1.54) is 161 Å². The van der Waals surface area contributed by atoms with Gasteiger partial charge in [-0.15, -0.1) is 0 Å². The summed E-state index contributed by atoms with van der Waals surface area (Å²) in [7, 11) is 0. The van der Waals surface area contributed by atoms with E-state index in [0.29, 0.717) is 19.4 Å². The van der Waals surface area contributed by atoms with Gasteiger partial charge in [0.1, 0.15) is 24.4 Å². The maximum absolute atomic E-state index is 13.0. The Labute approximate surface area is 422 Å². The van der Waals surface area contributed by atoms with Gasteiger partial charge in [-0.25, -0.2) is 0 Å². The van der Waals surface area contributed by atoms with Crippen LogP contribution in [0, 0.1) is 0 Å². The number of ether oxygens (including phenoxy) is 3. The number of unbranched alkanes of at least 4 members (excludes halogenated alkanes) is 31. The van der Waals surface area contributed by atoms with E-state index in [0.717, 1.165) is 70.6 Å². The zero-order valence-corrected chi connectivity index (χ0v) is 44.3. The van der Waals surface area contributed by atoms with Crippen molar-refractivity contribution in [1.29, 1.82) is 0 Å². The number of carbonyl (C=O) groups excluding carboxylic acids is 2. The third-order valence-electron chi connectivity index (χ3n) is 13.5. The fraction of sp³-hybridized carbons (Fsp3) is 0.862. The number of amides is 1. The van der Waals surface area contributed by atoms with Crippen molar-refractivity contribution in [2.45, 2.75) is 301 Å². The van der Waals surface area contributed by atoms with Crippen LogP contribution in [-0.2, 0) is 23.8 Å². The first kappa shape index (κ1) is 64.9. The van der Waals surface area contributed by atoms with Crippen LogP contribution in [-0.4, -0.2) is 100 Å². The van der Waals surface area contributed by atoms with Crippen LogP contribution < -0.4 is 5.32 Å². The molecule has 11 nitrogen and oxygen atoms in total. The van der Waals surface area contributed by atoms with Gasteiger partial charge in [0, 0.05) is 12.8 Å². The van der Waals surface area contributed by atoms with E-state index in [4.69, 9.17) is 14.2 Å². The third kappa shape index (κ3) is 38.2. The summed E-state index contributed by atoms with van der Waals surface area (Å²) >= 11 is 0. The quantitative estimate of drug-likeness (QED) is 0.0196. The lowest BCUT2D eigenvalue weighted by atomic mass is 9.99. The molecule has 1 aliphatic rings. The molecule has 0 aromatic carbocycles. The van der Waals surface area contributed by atoms with Crippen molar-refractivity contribution in [3.63, 3.8) is 0 Å². The average Bonchev–Trinajstić information content (AvgIpc) is 3.34. The standard InChI is InChI=1S/C58H107NO10/c1-3-5-7-9-11-13-25-30-34-38-42-46-54(63)67-47-43-39-35-31-27-24-22-20-18-16-14-15-17-19-21-23-26-29-33-37-41-45-53(62)59-50(51(61)44-40-36-32-28-12-10-8-6-4-2)49-68-58-57(66)56(65)55(64)52(48-60)69-58/h24,27,35,39-40,44,50-52,55-58,60-61,64-66H,3-23,25-26,28-34,36-38,41-43,45-49H2,1-2H3,(H,59,62)/b27-24-,39-35-,44-40+. The lowest BCUT2D eigenvalue weighted by molar-refractivity contribution is -0.302. The third-order valence-corrected chi connectivity index (χ3v) is 13.5. The molecule has 1 saturated heterocycles. The summed E-state index contributed by atoms with van der Waals surface area (Å²) in [6.07, 6.45) is 48.3. The van der Waals surface area contributed by atoms with Gasteiger partial charge in [-0.05, 0) is 51.4 Å². The van der Waals surface area contributed by atoms with E-state index < -0.39 is 49.5 Å². The minimum Gasteiger partial charge on any atom is -0.465 e. The molecule has 1 fully saturated rings. The molecule has 404 valence electrons. The Morgan fingerprint density at radius 3 is 1.46 bits per heavy atom. The van der Waals surface area contributed by atoms with Gasteiger partial charge in [-0.1, -0.05) is 230 Å².